The van der Waals surface area contributed by atoms with Gasteiger partial charge in [0.1, 0.15) is 11.9 Å². The number of likely N-dealkylation sites (tertiary alicyclic amines) is 1. The van der Waals surface area contributed by atoms with Crippen molar-refractivity contribution >= 4 is 18.5 Å². The van der Waals surface area contributed by atoms with Gasteiger partial charge in [0.25, 0.3) is 5.91 Å². The first-order valence-corrected chi connectivity index (χ1v) is 13.1. The molecule has 0 aromatic heterocycles. The molecule has 0 spiro atoms. The van der Waals surface area contributed by atoms with Gasteiger partial charge >= 0.3 is 7.12 Å². The molecule has 4 unspecified atom stereocenters. The topological polar surface area (TPSA) is 74.0 Å². The van der Waals surface area contributed by atoms with Crippen LogP contribution in [0.5, 0.6) is 5.75 Å². The first-order valence-electron chi connectivity index (χ1n) is 13.1. The Morgan fingerprint density at radius 2 is 1.71 bits per heavy atom. The molecule has 2 heterocycles. The van der Waals surface area contributed by atoms with Crippen LogP contribution < -0.4 is 15.9 Å². The third kappa shape index (κ3) is 4.70. The maximum absolute atomic E-state index is 12.4. The molecule has 2 bridgehead atoms. The molecule has 3 fully saturated rings. The van der Waals surface area contributed by atoms with Crippen molar-refractivity contribution in [3.05, 3.63) is 48.1 Å². The number of rotatable bonds is 6. The van der Waals surface area contributed by atoms with Gasteiger partial charge in [-0.15, -0.1) is 0 Å². The largest absolute Gasteiger partial charge is 0.494 e. The smallest absolute Gasteiger partial charge is 0.489 e. The van der Waals surface area contributed by atoms with E-state index in [0.717, 1.165) is 25.1 Å². The van der Waals surface area contributed by atoms with Crippen LogP contribution in [0.2, 0.25) is 0 Å². The molecule has 1 aromatic carbocycles. The number of hydrogen-bond donors (Lipinski definition) is 1. The molecule has 6 nitrogen and oxygen atoms in total. The highest BCUT2D eigenvalue weighted by Crippen LogP contribution is 2.41. The predicted octanol–water partition coefficient (Wildman–Crippen LogP) is 3.55. The molecular formula is C28H39BN2O4. The van der Waals surface area contributed by atoms with E-state index in [1.165, 1.54) is 12.8 Å². The fraction of sp³-hybridized carbons (Fsp3) is 0.607. The SMILES string of the molecule is CC1C=CC=CC1CN1CC2CCC(C1)C2Oc1ccc(B2OC(C)(C)C(C)(C)O2)cc1C(N)=O. The zero-order chi connectivity index (χ0) is 25.0. The van der Waals surface area contributed by atoms with Gasteiger partial charge in [0.2, 0.25) is 0 Å². The normalized spacial score (nSPS) is 33.3. The number of nitrogens with zero attached hydrogens (tertiary/aromatic N) is 1. The number of primary amides is 1. The minimum absolute atomic E-state index is 0.117. The van der Waals surface area contributed by atoms with E-state index in [2.05, 4.69) is 36.1 Å². The van der Waals surface area contributed by atoms with E-state index in [4.69, 9.17) is 19.8 Å². The van der Waals surface area contributed by atoms with Crippen molar-refractivity contribution in [1.29, 1.82) is 0 Å². The van der Waals surface area contributed by atoms with E-state index in [1.807, 2.05) is 39.8 Å². The summed E-state index contributed by atoms with van der Waals surface area (Å²) in [7, 11) is -0.544. The monoisotopic (exact) mass is 478 g/mol. The number of fused-ring (bicyclic) bond motifs is 2. The van der Waals surface area contributed by atoms with Crippen molar-refractivity contribution in [2.24, 2.45) is 29.4 Å². The van der Waals surface area contributed by atoms with Crippen LogP contribution in [-0.4, -0.2) is 54.9 Å². The maximum atomic E-state index is 12.4. The molecule has 2 N–H and O–H groups in total. The minimum Gasteiger partial charge on any atom is -0.489 e. The average Bonchev–Trinajstić information content (AvgIpc) is 3.15. The first kappa shape index (κ1) is 24.6. The number of carbonyl (C=O) groups is 1. The van der Waals surface area contributed by atoms with Crippen molar-refractivity contribution in [1.82, 2.24) is 4.90 Å². The number of benzene rings is 1. The molecule has 2 aliphatic heterocycles. The molecule has 4 atom stereocenters. The lowest BCUT2D eigenvalue weighted by Gasteiger charge is -2.40. The number of piperidine rings is 1. The van der Waals surface area contributed by atoms with Crippen molar-refractivity contribution in [3.8, 4) is 5.75 Å². The number of hydrogen-bond acceptors (Lipinski definition) is 5. The summed E-state index contributed by atoms with van der Waals surface area (Å²) in [6.45, 7) is 13.5. The first-order chi connectivity index (χ1) is 16.5. The second kappa shape index (κ2) is 9.09. The number of amides is 1. The number of allylic oxidation sites excluding steroid dienone is 3. The number of carbonyl (C=O) groups excluding carboxylic acids is 1. The molecule has 1 saturated carbocycles. The maximum Gasteiger partial charge on any atom is 0.494 e. The van der Waals surface area contributed by atoms with E-state index in [-0.39, 0.29) is 6.10 Å². The van der Waals surface area contributed by atoms with Crippen LogP contribution in [0.4, 0.5) is 0 Å². The molecule has 4 aliphatic rings. The van der Waals surface area contributed by atoms with Crippen LogP contribution in [-0.2, 0) is 9.31 Å². The Balaban J connectivity index is 1.29. The summed E-state index contributed by atoms with van der Waals surface area (Å²) in [4.78, 5) is 15.0. The fourth-order valence-electron chi connectivity index (χ4n) is 6.02. The molecule has 35 heavy (non-hydrogen) atoms. The van der Waals surface area contributed by atoms with Gasteiger partial charge in [-0.2, -0.15) is 0 Å². The van der Waals surface area contributed by atoms with Gasteiger partial charge in [-0.1, -0.05) is 37.3 Å². The summed E-state index contributed by atoms with van der Waals surface area (Å²) in [6, 6.07) is 5.58. The van der Waals surface area contributed by atoms with E-state index in [0.29, 0.717) is 35.0 Å². The van der Waals surface area contributed by atoms with E-state index in [9.17, 15) is 4.79 Å². The highest BCUT2D eigenvalue weighted by Gasteiger charge is 2.52. The van der Waals surface area contributed by atoms with E-state index < -0.39 is 24.2 Å². The van der Waals surface area contributed by atoms with Crippen LogP contribution in [0.1, 0.15) is 57.8 Å². The van der Waals surface area contributed by atoms with Crippen molar-refractivity contribution in [2.45, 2.75) is 64.8 Å². The average molecular weight is 478 g/mol. The summed E-state index contributed by atoms with van der Waals surface area (Å²) in [6.07, 6.45) is 11.4. The van der Waals surface area contributed by atoms with Crippen LogP contribution in [0.15, 0.2) is 42.5 Å². The quantitative estimate of drug-likeness (QED) is 0.634. The summed E-state index contributed by atoms with van der Waals surface area (Å²) in [5.41, 5.74) is 6.08. The van der Waals surface area contributed by atoms with Crippen LogP contribution in [0.3, 0.4) is 0 Å². The highest BCUT2D eigenvalue weighted by atomic mass is 16.7. The Labute approximate surface area is 210 Å². The van der Waals surface area contributed by atoms with Crippen molar-refractivity contribution in [3.63, 3.8) is 0 Å². The lowest BCUT2D eigenvalue weighted by atomic mass is 9.78. The molecule has 5 rings (SSSR count). The summed E-state index contributed by atoms with van der Waals surface area (Å²) < 4.78 is 18.9. The summed E-state index contributed by atoms with van der Waals surface area (Å²) >= 11 is 0. The van der Waals surface area contributed by atoms with Crippen molar-refractivity contribution in [2.75, 3.05) is 19.6 Å². The van der Waals surface area contributed by atoms with Crippen LogP contribution in [0.25, 0.3) is 0 Å². The van der Waals surface area contributed by atoms with Gasteiger partial charge in [0.05, 0.1) is 16.8 Å². The molecule has 1 amide bonds. The Morgan fingerprint density at radius 1 is 1.09 bits per heavy atom. The summed E-state index contributed by atoms with van der Waals surface area (Å²) in [5, 5.41) is 0. The van der Waals surface area contributed by atoms with Crippen LogP contribution >= 0.6 is 0 Å². The Morgan fingerprint density at radius 3 is 2.31 bits per heavy atom. The standard InChI is InChI=1S/C28H39BN2O4/c1-18-8-6-7-9-19(18)15-31-16-20-10-11-21(17-31)25(20)33-24-13-12-22(14-23(24)26(30)32)29-34-27(2,3)28(4,5)35-29/h6-9,12-14,18-21,25H,10-11,15-17H2,1-5H3,(H2,30,32). The summed E-state index contributed by atoms with van der Waals surface area (Å²) in [5.74, 6) is 2.16. The zero-order valence-corrected chi connectivity index (χ0v) is 21.7. The Kier molecular flexibility index (Phi) is 6.39. The lowest BCUT2D eigenvalue weighted by Crippen LogP contribution is -2.49. The third-order valence-corrected chi connectivity index (χ3v) is 8.91. The van der Waals surface area contributed by atoms with Gasteiger partial charge < -0.3 is 24.7 Å². The molecule has 1 aromatic rings. The number of ether oxygens (including phenoxy) is 1. The molecular weight excluding hydrogens is 439 g/mol. The second-order valence-corrected chi connectivity index (χ2v) is 11.9. The zero-order valence-electron chi connectivity index (χ0n) is 21.7. The Hall–Kier alpha value is -2.09. The third-order valence-electron chi connectivity index (χ3n) is 8.91. The highest BCUT2D eigenvalue weighted by molar-refractivity contribution is 6.62. The van der Waals surface area contributed by atoms with Crippen molar-refractivity contribution < 1.29 is 18.8 Å². The molecule has 2 saturated heterocycles. The molecule has 7 heteroatoms. The minimum atomic E-state index is -0.544. The molecule has 188 valence electrons. The van der Waals surface area contributed by atoms with E-state index in [1.54, 1.807) is 6.07 Å². The molecule has 2 aliphatic carbocycles. The van der Waals surface area contributed by atoms with Gasteiger partial charge in [-0.05, 0) is 70.0 Å². The second-order valence-electron chi connectivity index (χ2n) is 11.9. The van der Waals surface area contributed by atoms with Gasteiger partial charge in [0.15, 0.2) is 0 Å². The fourth-order valence-corrected chi connectivity index (χ4v) is 6.02. The van der Waals surface area contributed by atoms with Gasteiger partial charge in [-0.25, -0.2) is 0 Å². The van der Waals surface area contributed by atoms with E-state index >= 15 is 0 Å². The Bertz CT molecular complexity index is 1010. The van der Waals surface area contributed by atoms with Gasteiger partial charge in [-0.3, -0.25) is 4.79 Å². The number of nitrogens with two attached hydrogens (primary N) is 1. The molecule has 0 radical (unpaired) electrons. The van der Waals surface area contributed by atoms with Gasteiger partial charge in [0, 0.05) is 31.5 Å². The van der Waals surface area contributed by atoms with Crippen LogP contribution in [0, 0.1) is 23.7 Å². The predicted molar refractivity (Wildman–Crippen MR) is 139 cm³/mol. The lowest BCUT2D eigenvalue weighted by molar-refractivity contribution is 0.00578.